The van der Waals surface area contributed by atoms with Gasteiger partial charge in [-0.1, -0.05) is 6.42 Å². The van der Waals surface area contributed by atoms with Crippen molar-refractivity contribution in [3.05, 3.63) is 49.5 Å². The van der Waals surface area contributed by atoms with Crippen molar-refractivity contribution in [2.75, 3.05) is 0 Å². The molecule has 0 aliphatic heterocycles. The van der Waals surface area contributed by atoms with E-state index in [4.69, 9.17) is 0 Å². The Kier molecular flexibility index (Phi) is 3.41. The van der Waals surface area contributed by atoms with Crippen LogP contribution in [0.15, 0.2) is 27.9 Å². The lowest BCUT2D eigenvalue weighted by molar-refractivity contribution is 0.713. The number of rotatable bonds is 1. The fourth-order valence-corrected chi connectivity index (χ4v) is 4.44. The third-order valence-electron chi connectivity index (χ3n) is 4.45. The molecule has 3 aromatic rings. The van der Waals surface area contributed by atoms with Gasteiger partial charge in [-0.15, -0.1) is 11.3 Å². The molecule has 0 radical (unpaired) electrons. The van der Waals surface area contributed by atoms with Gasteiger partial charge < -0.3 is 9.55 Å². The van der Waals surface area contributed by atoms with Crippen LogP contribution in [0.2, 0.25) is 0 Å². The number of fused-ring (bicyclic) bond motifs is 3. The largest absolute Gasteiger partial charge is 0.319 e. The van der Waals surface area contributed by atoms with E-state index in [0.717, 1.165) is 29.5 Å². The molecule has 4 rings (SSSR count). The second-order valence-electron chi connectivity index (χ2n) is 6.02. The molecule has 5 nitrogen and oxygen atoms in total. The van der Waals surface area contributed by atoms with E-state index in [9.17, 15) is 9.59 Å². The van der Waals surface area contributed by atoms with E-state index in [0.29, 0.717) is 11.4 Å². The Morgan fingerprint density at radius 2 is 2.04 bits per heavy atom. The van der Waals surface area contributed by atoms with Crippen LogP contribution in [0.3, 0.4) is 0 Å². The van der Waals surface area contributed by atoms with Gasteiger partial charge >= 0.3 is 0 Å². The summed E-state index contributed by atoms with van der Waals surface area (Å²) in [5.74, 6) is 0.469. The van der Waals surface area contributed by atoms with Crippen LogP contribution in [0.5, 0.6) is 0 Å². The van der Waals surface area contributed by atoms with Gasteiger partial charge in [0.2, 0.25) is 0 Å². The van der Waals surface area contributed by atoms with Crippen molar-refractivity contribution in [3.63, 3.8) is 0 Å². The number of H-pyrrole nitrogens is 1. The molecule has 118 valence electrons. The minimum Gasteiger partial charge on any atom is -0.319 e. The van der Waals surface area contributed by atoms with E-state index in [1.165, 1.54) is 33.9 Å². The summed E-state index contributed by atoms with van der Waals surface area (Å²) in [4.78, 5) is 34.0. The lowest BCUT2D eigenvalue weighted by atomic mass is 10.1. The van der Waals surface area contributed by atoms with Crippen LogP contribution in [-0.4, -0.2) is 14.5 Å². The summed E-state index contributed by atoms with van der Waals surface area (Å²) < 4.78 is 1.49. The van der Waals surface area contributed by atoms with Crippen LogP contribution in [0.1, 0.15) is 29.7 Å². The molecule has 0 saturated heterocycles. The first kappa shape index (κ1) is 14.4. The van der Waals surface area contributed by atoms with Crippen LogP contribution >= 0.6 is 11.3 Å². The Morgan fingerprint density at radius 3 is 2.87 bits per heavy atom. The van der Waals surface area contributed by atoms with E-state index >= 15 is 0 Å². The van der Waals surface area contributed by atoms with Gasteiger partial charge in [0.15, 0.2) is 0 Å². The average molecular weight is 327 g/mol. The van der Waals surface area contributed by atoms with Gasteiger partial charge in [-0.05, 0) is 37.3 Å². The SMILES string of the molecule is Cn1ccc(-c2nc3sc4c(c3c(=O)[nH]2)CCCCC4)cc1=O. The van der Waals surface area contributed by atoms with E-state index < -0.39 is 0 Å². The molecule has 1 aliphatic rings. The van der Waals surface area contributed by atoms with E-state index in [-0.39, 0.29) is 11.1 Å². The van der Waals surface area contributed by atoms with Crippen LogP contribution in [0, 0.1) is 0 Å². The van der Waals surface area contributed by atoms with Gasteiger partial charge in [0.1, 0.15) is 10.7 Å². The van der Waals surface area contributed by atoms with Gasteiger partial charge in [0, 0.05) is 29.8 Å². The molecule has 0 spiro atoms. The topological polar surface area (TPSA) is 67.8 Å². The number of aryl methyl sites for hydroxylation is 3. The molecule has 3 heterocycles. The maximum absolute atomic E-state index is 12.6. The summed E-state index contributed by atoms with van der Waals surface area (Å²) in [7, 11) is 1.70. The lowest BCUT2D eigenvalue weighted by Gasteiger charge is -2.03. The Morgan fingerprint density at radius 1 is 1.22 bits per heavy atom. The first-order chi connectivity index (χ1) is 11.1. The predicted molar refractivity (Wildman–Crippen MR) is 92.2 cm³/mol. The quantitative estimate of drug-likeness (QED) is 0.699. The number of hydrogen-bond acceptors (Lipinski definition) is 4. The zero-order chi connectivity index (χ0) is 16.0. The average Bonchev–Trinajstić information content (AvgIpc) is 2.72. The Bertz CT molecular complexity index is 1010. The molecule has 0 bridgehead atoms. The molecule has 0 fully saturated rings. The highest BCUT2D eigenvalue weighted by Gasteiger charge is 2.19. The molecule has 0 unspecified atom stereocenters. The molecule has 0 saturated carbocycles. The highest BCUT2D eigenvalue weighted by atomic mass is 32.1. The van der Waals surface area contributed by atoms with Crippen molar-refractivity contribution in [1.82, 2.24) is 14.5 Å². The van der Waals surface area contributed by atoms with Crippen molar-refractivity contribution in [1.29, 1.82) is 0 Å². The molecule has 23 heavy (non-hydrogen) atoms. The third kappa shape index (κ3) is 2.43. The number of aromatic amines is 1. The number of aromatic nitrogens is 3. The summed E-state index contributed by atoms with van der Waals surface area (Å²) in [6.45, 7) is 0. The first-order valence-electron chi connectivity index (χ1n) is 7.85. The summed E-state index contributed by atoms with van der Waals surface area (Å²) in [6.07, 6.45) is 7.22. The molecule has 0 aromatic carbocycles. The smallest absolute Gasteiger partial charge is 0.260 e. The molecule has 6 heteroatoms. The molecule has 3 aromatic heterocycles. The van der Waals surface area contributed by atoms with Gasteiger partial charge in [0.05, 0.1) is 5.39 Å². The monoisotopic (exact) mass is 327 g/mol. The standard InChI is InChI=1S/C17H17N3O2S/c1-20-8-7-10(9-13(20)21)15-18-16(22)14-11-5-3-2-4-6-12(11)23-17(14)19-15/h7-9H,2-6H2,1H3,(H,18,19,22). The minimum atomic E-state index is -0.118. The van der Waals surface area contributed by atoms with E-state index in [1.807, 2.05) is 0 Å². The normalized spacial score (nSPS) is 14.7. The van der Waals surface area contributed by atoms with Gasteiger partial charge in [-0.2, -0.15) is 0 Å². The fraction of sp³-hybridized carbons (Fsp3) is 0.353. The maximum atomic E-state index is 12.6. The second-order valence-corrected chi connectivity index (χ2v) is 7.11. The van der Waals surface area contributed by atoms with Crippen LogP contribution < -0.4 is 11.1 Å². The highest BCUT2D eigenvalue weighted by Crippen LogP contribution is 2.33. The summed E-state index contributed by atoms with van der Waals surface area (Å²) >= 11 is 1.63. The zero-order valence-electron chi connectivity index (χ0n) is 12.9. The lowest BCUT2D eigenvalue weighted by Crippen LogP contribution is -2.15. The van der Waals surface area contributed by atoms with Crippen molar-refractivity contribution in [3.8, 4) is 11.4 Å². The predicted octanol–water partition coefficient (Wildman–Crippen LogP) is 2.62. The van der Waals surface area contributed by atoms with Crippen LogP contribution in [0.4, 0.5) is 0 Å². The van der Waals surface area contributed by atoms with Crippen molar-refractivity contribution in [2.45, 2.75) is 32.1 Å². The molecular formula is C17H17N3O2S. The van der Waals surface area contributed by atoms with Gasteiger partial charge in [-0.25, -0.2) is 4.98 Å². The summed E-state index contributed by atoms with van der Waals surface area (Å²) in [5, 5.41) is 0.750. The molecule has 0 atom stereocenters. The summed E-state index contributed by atoms with van der Waals surface area (Å²) in [6, 6.07) is 3.30. The molecule has 1 N–H and O–H groups in total. The molecule has 1 aliphatic carbocycles. The Balaban J connectivity index is 1.92. The van der Waals surface area contributed by atoms with Crippen molar-refractivity contribution < 1.29 is 0 Å². The second kappa shape index (κ2) is 5.45. The first-order valence-corrected chi connectivity index (χ1v) is 8.67. The third-order valence-corrected chi connectivity index (χ3v) is 5.64. The summed E-state index contributed by atoms with van der Waals surface area (Å²) in [5.41, 5.74) is 1.62. The zero-order valence-corrected chi connectivity index (χ0v) is 13.7. The number of nitrogens with one attached hydrogen (secondary N) is 1. The van der Waals surface area contributed by atoms with Crippen LogP contribution in [0.25, 0.3) is 21.6 Å². The highest BCUT2D eigenvalue weighted by molar-refractivity contribution is 7.18. The molecule has 0 amide bonds. The van der Waals surface area contributed by atoms with Gasteiger partial charge in [0.25, 0.3) is 11.1 Å². The fourth-order valence-electron chi connectivity index (χ4n) is 3.17. The minimum absolute atomic E-state index is 0.0925. The number of nitrogens with zero attached hydrogens (tertiary/aromatic N) is 2. The van der Waals surface area contributed by atoms with E-state index in [2.05, 4.69) is 9.97 Å². The Labute approximate surface area is 136 Å². The van der Waals surface area contributed by atoms with E-state index in [1.54, 1.807) is 30.6 Å². The number of thiophene rings is 1. The van der Waals surface area contributed by atoms with Crippen LogP contribution in [-0.2, 0) is 19.9 Å². The number of pyridine rings is 1. The van der Waals surface area contributed by atoms with Crippen molar-refractivity contribution >= 4 is 21.6 Å². The Hall–Kier alpha value is -2.21. The molecular weight excluding hydrogens is 310 g/mol. The maximum Gasteiger partial charge on any atom is 0.260 e. The van der Waals surface area contributed by atoms with Gasteiger partial charge in [-0.3, -0.25) is 9.59 Å². The van der Waals surface area contributed by atoms with Crippen molar-refractivity contribution in [2.24, 2.45) is 7.05 Å². The number of hydrogen-bond donors (Lipinski definition) is 1.